The lowest BCUT2D eigenvalue weighted by Crippen LogP contribution is -2.40. The van der Waals surface area contributed by atoms with E-state index >= 15 is 0 Å². The van der Waals surface area contributed by atoms with Gasteiger partial charge in [0, 0.05) is 25.6 Å². The van der Waals surface area contributed by atoms with Crippen molar-refractivity contribution in [2.75, 3.05) is 13.1 Å². The van der Waals surface area contributed by atoms with Crippen LogP contribution in [-0.4, -0.2) is 31.0 Å². The highest BCUT2D eigenvalue weighted by Crippen LogP contribution is 1.99. The van der Waals surface area contributed by atoms with Gasteiger partial charge in [0.1, 0.15) is 0 Å². The highest BCUT2D eigenvalue weighted by atomic mass is 127. The van der Waals surface area contributed by atoms with E-state index in [0.29, 0.717) is 19.5 Å². The van der Waals surface area contributed by atoms with Gasteiger partial charge in [-0.3, -0.25) is 4.79 Å². The van der Waals surface area contributed by atoms with Crippen molar-refractivity contribution in [3.63, 3.8) is 0 Å². The van der Waals surface area contributed by atoms with Gasteiger partial charge < -0.3 is 16.0 Å². The monoisotopic (exact) mass is 432 g/mol. The Balaban J connectivity index is 0.00000484. The van der Waals surface area contributed by atoms with Crippen molar-refractivity contribution in [3.8, 4) is 0 Å². The topological polar surface area (TPSA) is 65.5 Å². The molecule has 0 aliphatic heterocycles. The third-order valence-corrected chi connectivity index (χ3v) is 3.27. The van der Waals surface area contributed by atoms with E-state index in [-0.39, 0.29) is 35.9 Å². The van der Waals surface area contributed by atoms with Crippen LogP contribution in [0.15, 0.2) is 35.3 Å². The highest BCUT2D eigenvalue weighted by molar-refractivity contribution is 14.0. The minimum absolute atomic E-state index is 0. The third kappa shape index (κ3) is 10.1. The maximum Gasteiger partial charge on any atom is 0.221 e. The molecule has 3 N–H and O–H groups in total. The molecule has 6 heteroatoms. The standard InChI is InChI=1S/C17H28N4O.HI/c1-4-14(3)21-16(22)11-12-19-17(18-5-2)20-13-15-9-7-6-8-10-15;/h6-10,14H,4-5,11-13H2,1-3H3,(H,21,22)(H2,18,19,20);1H. The molecule has 1 amide bonds. The number of benzene rings is 1. The van der Waals surface area contributed by atoms with Crippen LogP contribution in [0.25, 0.3) is 0 Å². The quantitative estimate of drug-likeness (QED) is 0.336. The predicted octanol–water partition coefficient (Wildman–Crippen LogP) is 2.66. The number of aliphatic imine (C=N–C) groups is 1. The fourth-order valence-corrected chi connectivity index (χ4v) is 1.84. The first-order valence-corrected chi connectivity index (χ1v) is 8.01. The van der Waals surface area contributed by atoms with Crippen LogP contribution >= 0.6 is 24.0 Å². The molecule has 0 saturated carbocycles. The van der Waals surface area contributed by atoms with Crippen LogP contribution in [-0.2, 0) is 11.3 Å². The number of nitrogens with zero attached hydrogens (tertiary/aromatic N) is 1. The van der Waals surface area contributed by atoms with E-state index in [1.807, 2.05) is 44.2 Å². The van der Waals surface area contributed by atoms with Crippen LogP contribution in [0.3, 0.4) is 0 Å². The van der Waals surface area contributed by atoms with Crippen molar-refractivity contribution < 1.29 is 4.79 Å². The van der Waals surface area contributed by atoms with Crippen molar-refractivity contribution in [2.45, 2.75) is 46.2 Å². The van der Waals surface area contributed by atoms with Crippen molar-refractivity contribution in [3.05, 3.63) is 35.9 Å². The maximum absolute atomic E-state index is 11.7. The summed E-state index contributed by atoms with van der Waals surface area (Å²) in [7, 11) is 0. The molecular formula is C17H29IN4O. The number of carbonyl (C=O) groups excluding carboxylic acids is 1. The molecule has 130 valence electrons. The summed E-state index contributed by atoms with van der Waals surface area (Å²) in [5.74, 6) is 0.809. The van der Waals surface area contributed by atoms with Gasteiger partial charge >= 0.3 is 0 Å². The summed E-state index contributed by atoms with van der Waals surface area (Å²) in [5, 5.41) is 9.33. The summed E-state index contributed by atoms with van der Waals surface area (Å²) >= 11 is 0. The molecule has 0 aliphatic carbocycles. The Morgan fingerprint density at radius 2 is 1.87 bits per heavy atom. The summed E-state index contributed by atoms with van der Waals surface area (Å²) < 4.78 is 0. The van der Waals surface area contributed by atoms with E-state index in [2.05, 4.69) is 27.9 Å². The smallest absolute Gasteiger partial charge is 0.221 e. The molecule has 1 unspecified atom stereocenters. The van der Waals surface area contributed by atoms with Gasteiger partial charge in [0.15, 0.2) is 5.96 Å². The second-order valence-electron chi connectivity index (χ2n) is 5.23. The second kappa shape index (κ2) is 13.2. The minimum Gasteiger partial charge on any atom is -0.357 e. The molecule has 1 aromatic carbocycles. The largest absolute Gasteiger partial charge is 0.357 e. The number of hydrogen-bond acceptors (Lipinski definition) is 2. The number of rotatable bonds is 8. The Labute approximate surface area is 156 Å². The Kier molecular flexibility index (Phi) is 12.4. The highest BCUT2D eigenvalue weighted by Gasteiger charge is 2.05. The molecule has 1 aromatic rings. The molecule has 5 nitrogen and oxygen atoms in total. The zero-order chi connectivity index (χ0) is 16.2. The lowest BCUT2D eigenvalue weighted by atomic mass is 10.2. The third-order valence-electron chi connectivity index (χ3n) is 3.27. The Morgan fingerprint density at radius 3 is 2.48 bits per heavy atom. The number of amides is 1. The normalized spacial score (nSPS) is 12.0. The Morgan fingerprint density at radius 1 is 1.17 bits per heavy atom. The molecule has 1 rings (SSSR count). The van der Waals surface area contributed by atoms with Gasteiger partial charge in [-0.1, -0.05) is 37.3 Å². The summed E-state index contributed by atoms with van der Waals surface area (Å²) in [4.78, 5) is 16.2. The van der Waals surface area contributed by atoms with Crippen molar-refractivity contribution >= 4 is 35.8 Å². The van der Waals surface area contributed by atoms with Crippen LogP contribution in [0.4, 0.5) is 0 Å². The molecule has 0 aliphatic rings. The summed E-state index contributed by atoms with van der Waals surface area (Å²) in [6.45, 7) is 8.08. The summed E-state index contributed by atoms with van der Waals surface area (Å²) in [5.41, 5.74) is 1.16. The summed E-state index contributed by atoms with van der Waals surface area (Å²) in [6, 6.07) is 10.3. The van der Waals surface area contributed by atoms with Gasteiger partial charge in [-0.2, -0.15) is 0 Å². The van der Waals surface area contributed by atoms with E-state index in [1.165, 1.54) is 0 Å². The predicted molar refractivity (Wildman–Crippen MR) is 107 cm³/mol. The van der Waals surface area contributed by atoms with Gasteiger partial charge in [0.2, 0.25) is 5.91 Å². The zero-order valence-electron chi connectivity index (χ0n) is 14.3. The van der Waals surface area contributed by atoms with Crippen LogP contribution in [0, 0.1) is 0 Å². The fourth-order valence-electron chi connectivity index (χ4n) is 1.84. The minimum atomic E-state index is 0. The first kappa shape index (κ1) is 21.7. The number of guanidine groups is 1. The molecule has 0 spiro atoms. The van der Waals surface area contributed by atoms with Crippen molar-refractivity contribution in [1.29, 1.82) is 0 Å². The molecule has 0 bridgehead atoms. The van der Waals surface area contributed by atoms with Gasteiger partial charge in [-0.15, -0.1) is 24.0 Å². The Bertz CT molecular complexity index is 465. The number of carbonyl (C=O) groups is 1. The first-order chi connectivity index (χ1) is 10.7. The molecule has 0 radical (unpaired) electrons. The summed E-state index contributed by atoms with van der Waals surface area (Å²) in [6.07, 6.45) is 1.39. The second-order valence-corrected chi connectivity index (χ2v) is 5.23. The van der Waals surface area contributed by atoms with Crippen LogP contribution in [0.5, 0.6) is 0 Å². The van der Waals surface area contributed by atoms with Gasteiger partial charge in [0.05, 0.1) is 6.54 Å². The fraction of sp³-hybridized carbons (Fsp3) is 0.529. The average Bonchev–Trinajstić information content (AvgIpc) is 2.53. The van der Waals surface area contributed by atoms with Crippen molar-refractivity contribution in [1.82, 2.24) is 16.0 Å². The van der Waals surface area contributed by atoms with E-state index in [1.54, 1.807) is 0 Å². The van der Waals surface area contributed by atoms with E-state index in [0.717, 1.165) is 24.5 Å². The lowest BCUT2D eigenvalue weighted by Gasteiger charge is -2.13. The zero-order valence-corrected chi connectivity index (χ0v) is 16.6. The molecule has 0 fully saturated rings. The first-order valence-electron chi connectivity index (χ1n) is 8.01. The van der Waals surface area contributed by atoms with Crippen LogP contribution < -0.4 is 16.0 Å². The number of nitrogens with one attached hydrogen (secondary N) is 3. The molecule has 0 aromatic heterocycles. The Hall–Kier alpha value is -1.31. The average molecular weight is 432 g/mol. The molecule has 0 saturated heterocycles. The van der Waals surface area contributed by atoms with Gasteiger partial charge in [-0.25, -0.2) is 4.99 Å². The van der Waals surface area contributed by atoms with Crippen LogP contribution in [0.1, 0.15) is 39.2 Å². The van der Waals surface area contributed by atoms with E-state index in [4.69, 9.17) is 0 Å². The van der Waals surface area contributed by atoms with Crippen LogP contribution in [0.2, 0.25) is 0 Å². The number of hydrogen-bond donors (Lipinski definition) is 3. The van der Waals surface area contributed by atoms with Crippen molar-refractivity contribution in [2.24, 2.45) is 4.99 Å². The SMILES string of the molecule is CCNC(=NCc1ccccc1)NCCC(=O)NC(C)CC.I. The molecule has 1 atom stereocenters. The molecular weight excluding hydrogens is 403 g/mol. The molecule has 23 heavy (non-hydrogen) atoms. The number of halogens is 1. The molecule has 0 heterocycles. The van der Waals surface area contributed by atoms with E-state index in [9.17, 15) is 4.79 Å². The lowest BCUT2D eigenvalue weighted by molar-refractivity contribution is -0.121. The van der Waals surface area contributed by atoms with Gasteiger partial charge in [0.25, 0.3) is 0 Å². The maximum atomic E-state index is 11.7. The van der Waals surface area contributed by atoms with E-state index < -0.39 is 0 Å². The van der Waals surface area contributed by atoms with Gasteiger partial charge in [-0.05, 0) is 25.8 Å².